The van der Waals surface area contributed by atoms with Crippen molar-refractivity contribution in [2.24, 2.45) is 5.18 Å². The Labute approximate surface area is 195 Å². The maximum atomic E-state index is 13.3. The van der Waals surface area contributed by atoms with Crippen LogP contribution in [0.5, 0.6) is 5.88 Å². The lowest BCUT2D eigenvalue weighted by Gasteiger charge is -2.25. The van der Waals surface area contributed by atoms with Crippen LogP contribution in [0.3, 0.4) is 0 Å². The Hall–Kier alpha value is -2.48. The fraction of sp³-hybridized carbons (Fsp3) is 0.550. The Morgan fingerprint density at radius 1 is 1.30 bits per heavy atom. The summed E-state index contributed by atoms with van der Waals surface area (Å²) in [6.45, 7) is 5.08. The Bertz CT molecular complexity index is 1290. The van der Waals surface area contributed by atoms with Gasteiger partial charge in [-0.25, -0.2) is 27.6 Å². The number of hydrogen-bond acceptors (Lipinski definition) is 10. The number of aliphatic hydroxyl groups is 1. The molecule has 178 valence electrons. The monoisotopic (exact) mass is 494 g/mol. The molecule has 1 saturated carbocycles. The summed E-state index contributed by atoms with van der Waals surface area (Å²) in [5.74, 6) is -0.0247. The van der Waals surface area contributed by atoms with E-state index in [0.717, 1.165) is 0 Å². The zero-order chi connectivity index (χ0) is 24.0. The normalized spacial score (nSPS) is 19.7. The maximum absolute atomic E-state index is 13.3. The van der Waals surface area contributed by atoms with E-state index in [1.54, 1.807) is 25.3 Å². The molecule has 3 heterocycles. The van der Waals surface area contributed by atoms with Crippen LogP contribution in [0.15, 0.2) is 22.3 Å². The van der Waals surface area contributed by atoms with Crippen molar-refractivity contribution in [3.05, 3.63) is 27.9 Å². The fourth-order valence-electron chi connectivity index (χ4n) is 3.92. The average Bonchev–Trinajstić information content (AvgIpc) is 3.30. The number of nitroso groups, excluding NO2 is 1. The highest BCUT2D eigenvalue weighted by atomic mass is 32.2. The molecule has 3 aromatic heterocycles. The van der Waals surface area contributed by atoms with E-state index in [-0.39, 0.29) is 22.9 Å². The predicted molar refractivity (Wildman–Crippen MR) is 123 cm³/mol. The average molecular weight is 495 g/mol. The van der Waals surface area contributed by atoms with Gasteiger partial charge >= 0.3 is 0 Å². The van der Waals surface area contributed by atoms with Gasteiger partial charge < -0.3 is 9.84 Å². The highest BCUT2D eigenvalue weighted by Gasteiger charge is 2.30. The van der Waals surface area contributed by atoms with Crippen LogP contribution in [0, 0.1) is 11.8 Å². The Kier molecular flexibility index (Phi) is 6.24. The summed E-state index contributed by atoms with van der Waals surface area (Å²) in [4.78, 5) is 20.0. The van der Waals surface area contributed by atoms with Crippen molar-refractivity contribution in [1.29, 1.82) is 0 Å². The third-order valence-electron chi connectivity index (χ3n) is 5.64. The van der Waals surface area contributed by atoms with Crippen LogP contribution >= 0.6 is 11.3 Å². The molecule has 13 heteroatoms. The van der Waals surface area contributed by atoms with Gasteiger partial charge in [-0.1, -0.05) is 16.5 Å². The third-order valence-corrected chi connectivity index (χ3v) is 8.38. The lowest BCUT2D eigenvalue weighted by Crippen LogP contribution is -2.38. The molecule has 0 aromatic carbocycles. The number of nitrogens with one attached hydrogen (secondary N) is 1. The molecule has 2 N–H and O–H groups in total. The predicted octanol–water partition coefficient (Wildman–Crippen LogP) is 2.75. The second-order valence-electron chi connectivity index (χ2n) is 8.67. The second-order valence-corrected chi connectivity index (χ2v) is 11.3. The first-order chi connectivity index (χ1) is 15.5. The summed E-state index contributed by atoms with van der Waals surface area (Å²) in [6.07, 6.45) is 3.68. The molecule has 3 aromatic rings. The van der Waals surface area contributed by atoms with Crippen LogP contribution in [0.2, 0.25) is 0 Å². The minimum absolute atomic E-state index is 0.0247. The molecule has 4 rings (SSSR count). The number of methoxy groups -OCH3 is 1. The zero-order valence-electron chi connectivity index (χ0n) is 18.8. The van der Waals surface area contributed by atoms with E-state index in [1.165, 1.54) is 30.7 Å². The third kappa shape index (κ3) is 4.63. The highest BCUT2D eigenvalue weighted by molar-refractivity contribution is 7.89. The molecule has 0 bridgehead atoms. The van der Waals surface area contributed by atoms with E-state index < -0.39 is 15.6 Å². The lowest BCUT2D eigenvalue weighted by atomic mass is 9.92. The van der Waals surface area contributed by atoms with Gasteiger partial charge in [-0.05, 0) is 52.5 Å². The van der Waals surface area contributed by atoms with Crippen molar-refractivity contribution >= 4 is 26.3 Å². The summed E-state index contributed by atoms with van der Waals surface area (Å²) in [7, 11) is -2.60. The van der Waals surface area contributed by atoms with Gasteiger partial charge in [-0.15, -0.1) is 0 Å². The van der Waals surface area contributed by atoms with Crippen LogP contribution in [-0.2, 0) is 15.6 Å². The quantitative estimate of drug-likeness (QED) is 0.476. The summed E-state index contributed by atoms with van der Waals surface area (Å²) < 4.78 is 36.1. The number of ether oxygens (including phenoxy) is 1. The number of sulfonamides is 1. The van der Waals surface area contributed by atoms with Gasteiger partial charge in [0.2, 0.25) is 20.9 Å². The SMILES string of the molecule is COc1ncc(-c2c(C)nc3sc(C(C)(C)O)nn23)cc1S(=O)(=O)NC1CCC(N=O)CC1. The first-order valence-electron chi connectivity index (χ1n) is 10.5. The molecule has 11 nitrogen and oxygen atoms in total. The van der Waals surface area contributed by atoms with E-state index in [0.29, 0.717) is 52.6 Å². The van der Waals surface area contributed by atoms with E-state index in [4.69, 9.17) is 4.74 Å². The molecule has 0 unspecified atom stereocenters. The van der Waals surface area contributed by atoms with Crippen molar-refractivity contribution < 1.29 is 18.3 Å². The second kappa shape index (κ2) is 8.70. The van der Waals surface area contributed by atoms with Crippen molar-refractivity contribution in [2.45, 2.75) is 69.0 Å². The number of aromatic nitrogens is 4. The van der Waals surface area contributed by atoms with Gasteiger partial charge in [0.25, 0.3) is 0 Å². The van der Waals surface area contributed by atoms with Gasteiger partial charge in [0.15, 0.2) is 0 Å². The first kappa shape index (κ1) is 23.7. The van der Waals surface area contributed by atoms with Crippen molar-refractivity contribution in [1.82, 2.24) is 24.3 Å². The molecule has 0 saturated heterocycles. The van der Waals surface area contributed by atoms with Gasteiger partial charge in [0.05, 0.1) is 24.5 Å². The molecule has 0 atom stereocenters. The van der Waals surface area contributed by atoms with E-state index in [2.05, 4.69) is 25.0 Å². The molecule has 1 aliphatic rings. The molecule has 0 amide bonds. The standard InChI is InChI=1S/C20H26N6O5S2/c1-11-16(26-19(22-11)32-18(23-26)20(2,3)27)12-9-15(17(31-4)21-10-12)33(29,30)25-14-7-5-13(24-28)6-8-14/h9-10,13-14,25,27H,5-8H2,1-4H3. The largest absolute Gasteiger partial charge is 0.480 e. The van der Waals surface area contributed by atoms with Crippen molar-refractivity contribution in [3.8, 4) is 17.1 Å². The summed E-state index contributed by atoms with van der Waals surface area (Å²) >= 11 is 1.26. The molecule has 1 aliphatic carbocycles. The van der Waals surface area contributed by atoms with Crippen LogP contribution in [0.25, 0.3) is 16.2 Å². The van der Waals surface area contributed by atoms with E-state index in [9.17, 15) is 18.4 Å². The molecule has 0 spiro atoms. The van der Waals surface area contributed by atoms with Crippen LogP contribution < -0.4 is 9.46 Å². The maximum Gasteiger partial charge on any atom is 0.246 e. The summed E-state index contributed by atoms with van der Waals surface area (Å²) in [6, 6.07) is 0.939. The van der Waals surface area contributed by atoms with Crippen LogP contribution in [0.4, 0.5) is 0 Å². The molecular weight excluding hydrogens is 468 g/mol. The smallest absolute Gasteiger partial charge is 0.246 e. The number of imidazole rings is 1. The Morgan fingerprint density at radius 2 is 2.00 bits per heavy atom. The van der Waals surface area contributed by atoms with Crippen molar-refractivity contribution in [2.75, 3.05) is 7.11 Å². The minimum Gasteiger partial charge on any atom is -0.480 e. The van der Waals surface area contributed by atoms with Crippen LogP contribution in [0.1, 0.15) is 50.2 Å². The minimum atomic E-state index is -3.96. The Morgan fingerprint density at radius 3 is 2.61 bits per heavy atom. The topological polar surface area (TPSA) is 148 Å². The van der Waals surface area contributed by atoms with Crippen LogP contribution in [-0.4, -0.2) is 52.3 Å². The number of rotatable bonds is 7. The van der Waals surface area contributed by atoms with E-state index in [1.807, 2.05) is 0 Å². The fourth-order valence-corrected chi connectivity index (χ4v) is 6.31. The van der Waals surface area contributed by atoms with Gasteiger partial charge in [-0.2, -0.15) is 10.0 Å². The number of pyridine rings is 1. The number of hydrogen-bond donors (Lipinski definition) is 2. The highest BCUT2D eigenvalue weighted by Crippen LogP contribution is 2.34. The number of aryl methyl sites for hydroxylation is 1. The summed E-state index contributed by atoms with van der Waals surface area (Å²) in [5.41, 5.74) is 0.605. The van der Waals surface area contributed by atoms with Gasteiger partial charge in [-0.3, -0.25) is 0 Å². The molecule has 0 radical (unpaired) electrons. The van der Waals surface area contributed by atoms with Gasteiger partial charge in [0, 0.05) is 17.8 Å². The molecule has 33 heavy (non-hydrogen) atoms. The molecule has 0 aliphatic heterocycles. The Balaban J connectivity index is 1.72. The molecule has 1 fully saturated rings. The summed E-state index contributed by atoms with van der Waals surface area (Å²) in [5, 5.41) is 18.4. The van der Waals surface area contributed by atoms with Crippen molar-refractivity contribution in [3.63, 3.8) is 0 Å². The van der Waals surface area contributed by atoms with E-state index >= 15 is 0 Å². The number of nitrogens with zero attached hydrogens (tertiary/aromatic N) is 5. The first-order valence-corrected chi connectivity index (χ1v) is 12.8. The lowest BCUT2D eigenvalue weighted by molar-refractivity contribution is 0.0773. The van der Waals surface area contributed by atoms with Gasteiger partial charge in [0.1, 0.15) is 15.5 Å². The number of fused-ring (bicyclic) bond motifs is 1. The zero-order valence-corrected chi connectivity index (χ0v) is 20.4. The molecular formula is C20H26N6O5S2.